The Bertz CT molecular complexity index is 1100. The van der Waals surface area contributed by atoms with Crippen LogP contribution in [0.25, 0.3) is 10.4 Å². The highest BCUT2D eigenvalue weighted by Crippen LogP contribution is 2.25. The molecule has 178 valence electrons. The third kappa shape index (κ3) is 7.54. The number of carbonyl (C=O) groups is 4. The number of phenols is 1. The number of benzene rings is 1. The molecule has 1 aliphatic rings. The van der Waals surface area contributed by atoms with Crippen molar-refractivity contribution in [3.8, 4) is 5.75 Å². The fourth-order valence-electron chi connectivity index (χ4n) is 2.43. The molecule has 1 heterocycles. The van der Waals surface area contributed by atoms with E-state index in [1.807, 2.05) is 0 Å². The Balaban J connectivity index is 1.64. The van der Waals surface area contributed by atoms with Crippen molar-refractivity contribution < 1.29 is 42.1 Å². The van der Waals surface area contributed by atoms with Gasteiger partial charge in [0.1, 0.15) is 5.75 Å². The van der Waals surface area contributed by atoms with Gasteiger partial charge in [0.25, 0.3) is 27.8 Å². The van der Waals surface area contributed by atoms with E-state index >= 15 is 0 Å². The molecule has 0 bridgehead atoms. The zero-order chi connectivity index (χ0) is 24.6. The van der Waals surface area contributed by atoms with Crippen LogP contribution >= 0.6 is 21.6 Å². The Labute approximate surface area is 194 Å². The van der Waals surface area contributed by atoms with Gasteiger partial charge in [-0.2, -0.15) is 8.42 Å². The molecular formula is C16H17N5O9S3. The monoisotopic (exact) mass is 519 g/mol. The molecule has 1 aromatic rings. The number of nitrogens with one attached hydrogen (secondary N) is 1. The maximum Gasteiger partial charge on any atom is 0.334 e. The van der Waals surface area contributed by atoms with Gasteiger partial charge in [-0.15, -0.1) is 5.06 Å². The second-order valence-corrected chi connectivity index (χ2v) is 10.5. The van der Waals surface area contributed by atoms with Gasteiger partial charge in [0.05, 0.1) is 18.4 Å². The molecule has 1 aliphatic heterocycles. The summed E-state index contributed by atoms with van der Waals surface area (Å²) in [5.74, 6) is -3.50. The number of phenolic OH excluding ortho intramolecular Hbond substituents is 1. The van der Waals surface area contributed by atoms with Crippen molar-refractivity contribution in [2.45, 2.75) is 18.1 Å². The lowest BCUT2D eigenvalue weighted by molar-refractivity contribution is -0.197. The summed E-state index contributed by atoms with van der Waals surface area (Å²) in [4.78, 5) is 54.4. The topological polar surface area (TPSA) is 216 Å². The Kier molecular flexibility index (Phi) is 9.36. The molecule has 3 amide bonds. The van der Waals surface area contributed by atoms with Crippen molar-refractivity contribution in [1.82, 2.24) is 10.4 Å². The van der Waals surface area contributed by atoms with Crippen LogP contribution < -0.4 is 5.32 Å². The highest BCUT2D eigenvalue weighted by molar-refractivity contribution is 8.76. The van der Waals surface area contributed by atoms with E-state index in [0.717, 1.165) is 6.07 Å². The van der Waals surface area contributed by atoms with Gasteiger partial charge in [0, 0.05) is 28.6 Å². The van der Waals surface area contributed by atoms with E-state index in [0.29, 0.717) is 5.75 Å². The number of aromatic hydroxyl groups is 1. The maximum absolute atomic E-state index is 12.1. The molecular weight excluding hydrogens is 502 g/mol. The molecule has 0 saturated carbocycles. The fraction of sp³-hybridized carbons (Fsp3) is 0.375. The van der Waals surface area contributed by atoms with E-state index in [1.54, 1.807) is 0 Å². The number of hydrogen-bond acceptors (Lipinski definition) is 11. The summed E-state index contributed by atoms with van der Waals surface area (Å²) in [6.45, 7) is 0.242. The van der Waals surface area contributed by atoms with Gasteiger partial charge in [0.2, 0.25) is 0 Å². The molecule has 0 aromatic heterocycles. The van der Waals surface area contributed by atoms with Crippen molar-refractivity contribution in [3.05, 3.63) is 34.2 Å². The maximum atomic E-state index is 12.1. The molecule has 1 atom stereocenters. The smallest absolute Gasteiger partial charge is 0.334 e. The molecule has 0 spiro atoms. The molecule has 0 radical (unpaired) electrons. The first-order valence-corrected chi connectivity index (χ1v) is 13.0. The lowest BCUT2D eigenvalue weighted by atomic mass is 10.1. The summed E-state index contributed by atoms with van der Waals surface area (Å²) in [6, 6.07) is 3.85. The van der Waals surface area contributed by atoms with Crippen LogP contribution in [-0.4, -0.2) is 70.1 Å². The van der Waals surface area contributed by atoms with Gasteiger partial charge >= 0.3 is 5.97 Å². The Morgan fingerprint density at radius 2 is 2.00 bits per heavy atom. The number of carbonyl (C=O) groups excluding carboxylic acids is 4. The van der Waals surface area contributed by atoms with Gasteiger partial charge < -0.3 is 15.3 Å². The van der Waals surface area contributed by atoms with Crippen LogP contribution in [0.3, 0.4) is 0 Å². The normalized spacial score (nSPS) is 15.8. The number of azide groups is 1. The van der Waals surface area contributed by atoms with Crippen LogP contribution in [0.2, 0.25) is 0 Å². The van der Waals surface area contributed by atoms with Crippen LogP contribution in [0.4, 0.5) is 5.69 Å². The molecule has 33 heavy (non-hydrogen) atoms. The quantitative estimate of drug-likeness (QED) is 0.0720. The summed E-state index contributed by atoms with van der Waals surface area (Å²) in [6.07, 6.45) is -1.000. The van der Waals surface area contributed by atoms with Gasteiger partial charge in [-0.3, -0.25) is 18.9 Å². The van der Waals surface area contributed by atoms with Crippen LogP contribution in [0.15, 0.2) is 23.3 Å². The largest absolute Gasteiger partial charge is 0.507 e. The summed E-state index contributed by atoms with van der Waals surface area (Å²) in [5.41, 5.74) is 8.52. The minimum absolute atomic E-state index is 0.00883. The molecule has 1 saturated heterocycles. The van der Waals surface area contributed by atoms with E-state index in [2.05, 4.69) is 20.2 Å². The Morgan fingerprint density at radius 3 is 2.61 bits per heavy atom. The van der Waals surface area contributed by atoms with Gasteiger partial charge in [-0.25, -0.2) is 4.79 Å². The molecule has 0 unspecified atom stereocenters. The number of amides is 3. The number of hydroxylamine groups is 2. The lowest BCUT2D eigenvalue weighted by Crippen LogP contribution is -2.36. The third-order valence-corrected chi connectivity index (χ3v) is 7.44. The first-order chi connectivity index (χ1) is 15.5. The van der Waals surface area contributed by atoms with Crippen molar-refractivity contribution in [2.24, 2.45) is 5.11 Å². The average Bonchev–Trinajstić information content (AvgIpc) is 3.01. The first kappa shape index (κ1) is 26.3. The van der Waals surface area contributed by atoms with E-state index in [9.17, 15) is 32.7 Å². The molecule has 0 aliphatic carbocycles. The highest BCUT2D eigenvalue weighted by Gasteiger charge is 2.48. The van der Waals surface area contributed by atoms with E-state index < -0.39 is 45.5 Å². The minimum atomic E-state index is -4.79. The fourth-order valence-corrected chi connectivity index (χ4v) is 5.01. The van der Waals surface area contributed by atoms with E-state index in [1.165, 1.54) is 33.7 Å². The van der Waals surface area contributed by atoms with Crippen LogP contribution in [0, 0.1) is 0 Å². The Morgan fingerprint density at radius 1 is 1.30 bits per heavy atom. The molecule has 3 N–H and O–H groups in total. The van der Waals surface area contributed by atoms with Crippen molar-refractivity contribution in [1.29, 1.82) is 0 Å². The van der Waals surface area contributed by atoms with Gasteiger partial charge in [-0.05, 0) is 17.7 Å². The zero-order valence-corrected chi connectivity index (χ0v) is 19.1. The standard InChI is InChI=1S/C16H17N5O9S3/c17-20-19-9-1-2-10(11(22)7-9)15(25)18-4-6-32-31-5-3-14(24)30-21-13(23)8-12(16(21)26)33(27,28)29/h1-2,7,12,22H,3-6,8H2,(H,18,25)(H,27,28,29)/t12-/m0/s1. The molecule has 2 rings (SSSR count). The van der Waals surface area contributed by atoms with Gasteiger partial charge in [-0.1, -0.05) is 32.8 Å². The summed E-state index contributed by atoms with van der Waals surface area (Å²) in [7, 11) is -2.23. The lowest BCUT2D eigenvalue weighted by Gasteiger charge is -2.13. The van der Waals surface area contributed by atoms with Crippen molar-refractivity contribution >= 4 is 61.1 Å². The third-order valence-electron chi connectivity index (χ3n) is 3.94. The van der Waals surface area contributed by atoms with E-state index in [-0.39, 0.29) is 40.8 Å². The number of hydrogen-bond donors (Lipinski definition) is 3. The number of rotatable bonds is 11. The predicted molar refractivity (Wildman–Crippen MR) is 117 cm³/mol. The second-order valence-electron chi connectivity index (χ2n) is 6.24. The Hall–Kier alpha value is -2.98. The highest BCUT2D eigenvalue weighted by atomic mass is 33.1. The summed E-state index contributed by atoms with van der Waals surface area (Å²) >= 11 is 0. The SMILES string of the molecule is [N-]=[N+]=Nc1ccc(C(=O)NCCSSCCC(=O)ON2C(=O)C[C@H](S(=O)(=O)O)C2=O)c(O)c1. The van der Waals surface area contributed by atoms with Crippen LogP contribution in [-0.2, 0) is 29.3 Å². The van der Waals surface area contributed by atoms with Crippen molar-refractivity contribution in [2.75, 3.05) is 18.1 Å². The van der Waals surface area contributed by atoms with Gasteiger partial charge in [0.15, 0.2) is 5.25 Å². The number of imide groups is 1. The minimum Gasteiger partial charge on any atom is -0.507 e. The van der Waals surface area contributed by atoms with Crippen LogP contribution in [0.5, 0.6) is 5.75 Å². The average molecular weight is 520 g/mol. The first-order valence-electron chi connectivity index (χ1n) is 8.99. The molecule has 1 fully saturated rings. The second kappa shape index (κ2) is 11.8. The predicted octanol–water partition coefficient (Wildman–Crippen LogP) is 1.31. The summed E-state index contributed by atoms with van der Waals surface area (Å²) in [5, 5.41) is 13.8. The number of nitrogens with zero attached hydrogens (tertiary/aromatic N) is 4. The van der Waals surface area contributed by atoms with E-state index in [4.69, 9.17) is 10.1 Å². The van der Waals surface area contributed by atoms with Crippen molar-refractivity contribution in [3.63, 3.8) is 0 Å². The summed E-state index contributed by atoms with van der Waals surface area (Å²) < 4.78 is 31.0. The molecule has 1 aromatic carbocycles. The molecule has 17 heteroatoms. The zero-order valence-electron chi connectivity index (χ0n) is 16.6. The van der Waals surface area contributed by atoms with Crippen LogP contribution in [0.1, 0.15) is 23.2 Å². The molecule has 14 nitrogen and oxygen atoms in total.